The number of aryl methyl sites for hydroxylation is 1. The Balaban J connectivity index is 1.60. The average Bonchev–Trinajstić information content (AvgIpc) is 3.28. The van der Waals surface area contributed by atoms with Crippen LogP contribution < -0.4 is 11.0 Å². The Morgan fingerprint density at radius 3 is 3.15 bits per heavy atom. The van der Waals surface area contributed by atoms with E-state index < -0.39 is 6.04 Å². The lowest BCUT2D eigenvalue weighted by molar-refractivity contribution is -0.123. The third-order valence-electron chi connectivity index (χ3n) is 4.95. The summed E-state index contributed by atoms with van der Waals surface area (Å²) >= 11 is 3.14. The minimum Gasteiger partial charge on any atom is -0.286 e. The first kappa shape index (κ1) is 18.1. The van der Waals surface area contributed by atoms with E-state index in [9.17, 15) is 9.59 Å². The van der Waals surface area contributed by atoms with E-state index in [1.54, 1.807) is 24.5 Å². The van der Waals surface area contributed by atoms with Gasteiger partial charge < -0.3 is 0 Å². The van der Waals surface area contributed by atoms with Crippen LogP contribution in [-0.2, 0) is 17.6 Å². The van der Waals surface area contributed by atoms with Crippen molar-refractivity contribution in [3.8, 4) is 0 Å². The second kappa shape index (κ2) is 7.36. The summed E-state index contributed by atoms with van der Waals surface area (Å²) in [6.45, 7) is 3.92. The molecule has 1 aliphatic rings. The van der Waals surface area contributed by atoms with Crippen molar-refractivity contribution in [3.63, 3.8) is 0 Å². The molecule has 1 amide bonds. The number of carbonyl (C=O) groups is 1. The molecule has 0 saturated carbocycles. The molecular weight excluding hydrogens is 380 g/mol. The molecule has 0 saturated heterocycles. The lowest BCUT2D eigenvalue weighted by Gasteiger charge is -2.18. The van der Waals surface area contributed by atoms with E-state index in [0.29, 0.717) is 11.3 Å². The molecule has 3 heterocycles. The molecule has 1 aliphatic carbocycles. The SMILES string of the molecule is CC1CCc2c(sc3ncn(C(C)C(=O)NN=Cc4cccs4)c(=O)c23)C1. The number of rotatable bonds is 4. The Hall–Kier alpha value is -2.32. The predicted octanol–water partition coefficient (Wildman–Crippen LogP) is 3.36. The number of nitrogens with zero attached hydrogens (tertiary/aromatic N) is 3. The maximum Gasteiger partial charge on any atom is 0.263 e. The monoisotopic (exact) mass is 400 g/mol. The smallest absolute Gasteiger partial charge is 0.263 e. The molecule has 1 N–H and O–H groups in total. The number of amides is 1. The van der Waals surface area contributed by atoms with Crippen molar-refractivity contribution in [3.05, 3.63) is 49.5 Å². The number of aromatic nitrogens is 2. The van der Waals surface area contributed by atoms with E-state index in [0.717, 1.165) is 34.5 Å². The Bertz CT molecular complexity index is 1070. The molecule has 2 atom stereocenters. The Kier molecular flexibility index (Phi) is 4.92. The standard InChI is InChI=1S/C19H20N4O2S2/c1-11-5-6-14-15(8-11)27-18-16(14)19(25)23(10-20-18)12(2)17(24)22-21-9-13-4-3-7-26-13/h3-4,7,9-12H,5-6,8H2,1-2H3,(H,22,24). The van der Waals surface area contributed by atoms with Gasteiger partial charge in [-0.05, 0) is 49.1 Å². The van der Waals surface area contributed by atoms with E-state index in [-0.39, 0.29) is 11.5 Å². The highest BCUT2D eigenvalue weighted by atomic mass is 32.1. The van der Waals surface area contributed by atoms with Crippen LogP contribution in [0.25, 0.3) is 10.2 Å². The molecule has 0 bridgehead atoms. The molecule has 3 aromatic rings. The predicted molar refractivity (Wildman–Crippen MR) is 110 cm³/mol. The molecule has 2 unspecified atom stereocenters. The molecule has 8 heteroatoms. The largest absolute Gasteiger partial charge is 0.286 e. The van der Waals surface area contributed by atoms with E-state index in [4.69, 9.17) is 0 Å². The van der Waals surface area contributed by atoms with Crippen molar-refractivity contribution >= 4 is 45.0 Å². The summed E-state index contributed by atoms with van der Waals surface area (Å²) in [4.78, 5) is 32.9. The van der Waals surface area contributed by atoms with Gasteiger partial charge in [-0.3, -0.25) is 14.2 Å². The normalized spacial score (nSPS) is 17.9. The number of carbonyl (C=O) groups excluding carboxylic acids is 1. The summed E-state index contributed by atoms with van der Waals surface area (Å²) in [6, 6.07) is 3.14. The van der Waals surface area contributed by atoms with Gasteiger partial charge in [0.2, 0.25) is 0 Å². The van der Waals surface area contributed by atoms with Gasteiger partial charge in [-0.15, -0.1) is 22.7 Å². The number of hydrogen-bond donors (Lipinski definition) is 1. The van der Waals surface area contributed by atoms with Gasteiger partial charge in [-0.1, -0.05) is 13.0 Å². The van der Waals surface area contributed by atoms with Crippen LogP contribution in [0, 0.1) is 5.92 Å². The Morgan fingerprint density at radius 2 is 2.37 bits per heavy atom. The molecule has 4 rings (SSSR count). The first-order valence-electron chi connectivity index (χ1n) is 8.92. The number of nitrogens with one attached hydrogen (secondary N) is 1. The van der Waals surface area contributed by atoms with Gasteiger partial charge in [0.05, 0.1) is 17.9 Å². The van der Waals surface area contributed by atoms with Gasteiger partial charge in [0.1, 0.15) is 10.9 Å². The third kappa shape index (κ3) is 3.46. The molecule has 0 spiro atoms. The number of thiophene rings is 2. The van der Waals surface area contributed by atoms with Crippen LogP contribution in [0.4, 0.5) is 0 Å². The number of hydrogen-bond acceptors (Lipinski definition) is 6. The van der Waals surface area contributed by atoms with E-state index in [1.165, 1.54) is 27.1 Å². The van der Waals surface area contributed by atoms with Crippen molar-refractivity contribution < 1.29 is 4.79 Å². The van der Waals surface area contributed by atoms with Crippen molar-refractivity contribution in [2.45, 2.75) is 39.2 Å². The molecule has 0 aliphatic heterocycles. The van der Waals surface area contributed by atoms with E-state index >= 15 is 0 Å². The topological polar surface area (TPSA) is 76.3 Å². The second-order valence-electron chi connectivity index (χ2n) is 6.91. The van der Waals surface area contributed by atoms with Gasteiger partial charge in [-0.2, -0.15) is 5.10 Å². The van der Waals surface area contributed by atoms with Gasteiger partial charge in [-0.25, -0.2) is 10.4 Å². The fourth-order valence-electron chi connectivity index (χ4n) is 3.36. The molecule has 6 nitrogen and oxygen atoms in total. The highest BCUT2D eigenvalue weighted by molar-refractivity contribution is 7.18. The minimum atomic E-state index is -0.687. The summed E-state index contributed by atoms with van der Waals surface area (Å²) < 4.78 is 1.41. The van der Waals surface area contributed by atoms with Gasteiger partial charge >= 0.3 is 0 Å². The van der Waals surface area contributed by atoms with Crippen LogP contribution in [-0.4, -0.2) is 21.7 Å². The van der Waals surface area contributed by atoms with Crippen molar-refractivity contribution in [1.29, 1.82) is 0 Å². The van der Waals surface area contributed by atoms with Crippen molar-refractivity contribution in [1.82, 2.24) is 15.0 Å². The maximum atomic E-state index is 13.1. The van der Waals surface area contributed by atoms with Crippen LogP contribution in [0.1, 0.15) is 41.6 Å². The first-order chi connectivity index (χ1) is 13.0. The molecule has 0 fully saturated rings. The molecule has 140 valence electrons. The zero-order valence-electron chi connectivity index (χ0n) is 15.1. The van der Waals surface area contributed by atoms with Crippen molar-refractivity contribution in [2.24, 2.45) is 11.0 Å². The highest BCUT2D eigenvalue weighted by Crippen LogP contribution is 2.35. The minimum absolute atomic E-state index is 0.142. The molecule has 0 radical (unpaired) electrons. The third-order valence-corrected chi connectivity index (χ3v) is 6.92. The highest BCUT2D eigenvalue weighted by Gasteiger charge is 2.25. The molecule has 3 aromatic heterocycles. The molecular formula is C19H20N4O2S2. The number of fused-ring (bicyclic) bond motifs is 3. The van der Waals surface area contributed by atoms with Crippen molar-refractivity contribution in [2.75, 3.05) is 0 Å². The van der Waals surface area contributed by atoms with Crippen LogP contribution in [0.15, 0.2) is 33.7 Å². The van der Waals surface area contributed by atoms with Gasteiger partial charge in [0.25, 0.3) is 11.5 Å². The van der Waals surface area contributed by atoms with Crippen LogP contribution in [0.3, 0.4) is 0 Å². The summed E-state index contributed by atoms with van der Waals surface area (Å²) in [7, 11) is 0. The maximum absolute atomic E-state index is 13.1. The first-order valence-corrected chi connectivity index (χ1v) is 10.6. The molecule has 27 heavy (non-hydrogen) atoms. The summed E-state index contributed by atoms with van der Waals surface area (Å²) in [6.07, 6.45) is 6.06. The Labute approximate surface area is 164 Å². The summed E-state index contributed by atoms with van der Waals surface area (Å²) in [5.74, 6) is 0.294. The summed E-state index contributed by atoms with van der Waals surface area (Å²) in [5, 5.41) is 6.60. The number of hydrazone groups is 1. The lowest BCUT2D eigenvalue weighted by Crippen LogP contribution is -2.34. The van der Waals surface area contributed by atoms with Gasteiger partial charge in [0, 0.05) is 9.75 Å². The van der Waals surface area contributed by atoms with Crippen LogP contribution in [0.5, 0.6) is 0 Å². The fourth-order valence-corrected chi connectivity index (χ4v) is 5.29. The molecule has 0 aromatic carbocycles. The van der Waals surface area contributed by atoms with Gasteiger partial charge in [0.15, 0.2) is 0 Å². The summed E-state index contributed by atoms with van der Waals surface area (Å²) in [5.41, 5.74) is 3.50. The van der Waals surface area contributed by atoms with Crippen LogP contribution in [0.2, 0.25) is 0 Å². The van der Waals surface area contributed by atoms with E-state index in [1.807, 2.05) is 17.5 Å². The van der Waals surface area contributed by atoms with Crippen LogP contribution >= 0.6 is 22.7 Å². The quantitative estimate of drug-likeness (QED) is 0.539. The average molecular weight is 401 g/mol. The zero-order valence-corrected chi connectivity index (χ0v) is 16.8. The fraction of sp³-hybridized carbons (Fsp3) is 0.368. The van der Waals surface area contributed by atoms with E-state index in [2.05, 4.69) is 22.4 Å². The second-order valence-corrected chi connectivity index (χ2v) is 8.98. The zero-order chi connectivity index (χ0) is 19.0. The lowest BCUT2D eigenvalue weighted by atomic mass is 9.89. The Morgan fingerprint density at radius 1 is 1.52 bits per heavy atom.